The Bertz CT molecular complexity index is 861. The first kappa shape index (κ1) is 16.7. The van der Waals surface area contributed by atoms with Crippen molar-refractivity contribution in [2.75, 3.05) is 6.54 Å². The largest absolute Gasteiger partial charge is 0.478 e. The number of rotatable bonds is 6. The Kier molecular flexibility index (Phi) is 4.69. The lowest BCUT2D eigenvalue weighted by Crippen LogP contribution is -2.29. The third kappa shape index (κ3) is 3.83. The molecule has 0 saturated heterocycles. The van der Waals surface area contributed by atoms with Crippen LogP contribution in [0.1, 0.15) is 39.4 Å². The Morgan fingerprint density at radius 2 is 1.96 bits per heavy atom. The molecular formula is C18H19NO4S. The average molecular weight is 345 g/mol. The van der Waals surface area contributed by atoms with Crippen LogP contribution in [0.2, 0.25) is 0 Å². The van der Waals surface area contributed by atoms with Crippen molar-refractivity contribution >= 4 is 16.0 Å². The number of hydrogen-bond donors (Lipinski definition) is 2. The number of carbonyl (C=O) groups is 1. The van der Waals surface area contributed by atoms with Crippen molar-refractivity contribution in [3.63, 3.8) is 0 Å². The van der Waals surface area contributed by atoms with Crippen LogP contribution in [0.4, 0.5) is 0 Å². The second-order valence-corrected chi connectivity index (χ2v) is 7.85. The van der Waals surface area contributed by atoms with Gasteiger partial charge in [0.15, 0.2) is 0 Å². The highest BCUT2D eigenvalue weighted by Crippen LogP contribution is 2.32. The Hall–Kier alpha value is -2.18. The molecule has 2 N–H and O–H groups in total. The molecule has 0 radical (unpaired) electrons. The minimum absolute atomic E-state index is 0.0902. The molecule has 1 atom stereocenters. The minimum atomic E-state index is -3.51. The number of carboxylic acid groups (broad SMARTS) is 1. The zero-order chi connectivity index (χ0) is 17.2. The van der Waals surface area contributed by atoms with Crippen molar-refractivity contribution in [3.05, 3.63) is 70.8 Å². The summed E-state index contributed by atoms with van der Waals surface area (Å²) in [5.74, 6) is -1.09. The predicted octanol–water partition coefficient (Wildman–Crippen LogP) is 2.53. The SMILES string of the molecule is O=C(O)c1cccc(CS(=O)(=O)NCC2CCc3ccccc32)c1. The molecule has 1 aliphatic carbocycles. The van der Waals surface area contributed by atoms with Gasteiger partial charge in [-0.05, 0) is 47.6 Å². The Labute approximate surface area is 141 Å². The number of fused-ring (bicyclic) bond motifs is 1. The fraction of sp³-hybridized carbons (Fsp3) is 0.278. The number of benzene rings is 2. The van der Waals surface area contributed by atoms with Gasteiger partial charge in [0.25, 0.3) is 0 Å². The fourth-order valence-corrected chi connectivity index (χ4v) is 4.33. The minimum Gasteiger partial charge on any atom is -0.478 e. The summed E-state index contributed by atoms with van der Waals surface area (Å²) >= 11 is 0. The highest BCUT2D eigenvalue weighted by Gasteiger charge is 2.23. The molecule has 5 nitrogen and oxygen atoms in total. The summed E-state index contributed by atoms with van der Waals surface area (Å²) in [5, 5.41) is 8.98. The van der Waals surface area contributed by atoms with E-state index in [9.17, 15) is 13.2 Å². The van der Waals surface area contributed by atoms with Gasteiger partial charge in [-0.2, -0.15) is 0 Å². The molecule has 0 fully saturated rings. The maximum absolute atomic E-state index is 12.3. The van der Waals surface area contributed by atoms with Gasteiger partial charge in [-0.25, -0.2) is 17.9 Å². The van der Waals surface area contributed by atoms with Gasteiger partial charge in [-0.15, -0.1) is 0 Å². The normalized spacial score (nSPS) is 16.8. The Morgan fingerprint density at radius 1 is 1.17 bits per heavy atom. The molecule has 0 aromatic heterocycles. The van der Waals surface area contributed by atoms with E-state index < -0.39 is 16.0 Å². The van der Waals surface area contributed by atoms with Crippen LogP contribution < -0.4 is 4.72 Å². The number of sulfonamides is 1. The molecule has 0 bridgehead atoms. The molecule has 24 heavy (non-hydrogen) atoms. The van der Waals surface area contributed by atoms with Crippen LogP contribution in [-0.4, -0.2) is 26.0 Å². The topological polar surface area (TPSA) is 83.5 Å². The Balaban J connectivity index is 1.65. The molecule has 2 aromatic carbocycles. The molecule has 0 heterocycles. The van der Waals surface area contributed by atoms with Crippen LogP contribution in [0.25, 0.3) is 0 Å². The number of carboxylic acids is 1. The molecule has 0 spiro atoms. The van der Waals surface area contributed by atoms with E-state index in [-0.39, 0.29) is 17.2 Å². The van der Waals surface area contributed by atoms with E-state index >= 15 is 0 Å². The van der Waals surface area contributed by atoms with Crippen LogP contribution in [0.15, 0.2) is 48.5 Å². The van der Waals surface area contributed by atoms with Crippen molar-refractivity contribution in [2.24, 2.45) is 0 Å². The van der Waals surface area contributed by atoms with Crippen molar-refractivity contribution in [2.45, 2.75) is 24.5 Å². The lowest BCUT2D eigenvalue weighted by Gasteiger charge is -2.13. The van der Waals surface area contributed by atoms with Gasteiger partial charge in [0, 0.05) is 6.54 Å². The molecule has 1 aliphatic rings. The van der Waals surface area contributed by atoms with E-state index in [1.54, 1.807) is 12.1 Å². The second kappa shape index (κ2) is 6.75. The maximum atomic E-state index is 12.3. The van der Waals surface area contributed by atoms with E-state index in [0.29, 0.717) is 12.1 Å². The van der Waals surface area contributed by atoms with Crippen molar-refractivity contribution in [3.8, 4) is 0 Å². The molecule has 2 aromatic rings. The fourth-order valence-electron chi connectivity index (χ4n) is 3.15. The zero-order valence-electron chi connectivity index (χ0n) is 13.1. The summed E-state index contributed by atoms with van der Waals surface area (Å²) in [4.78, 5) is 11.0. The predicted molar refractivity (Wildman–Crippen MR) is 91.5 cm³/mol. The molecule has 0 aliphatic heterocycles. The van der Waals surface area contributed by atoms with Crippen molar-refractivity contribution < 1.29 is 18.3 Å². The van der Waals surface area contributed by atoms with Gasteiger partial charge in [-0.3, -0.25) is 0 Å². The number of nitrogens with one attached hydrogen (secondary N) is 1. The number of aryl methyl sites for hydroxylation is 1. The average Bonchev–Trinajstić information content (AvgIpc) is 2.96. The molecule has 3 rings (SSSR count). The highest BCUT2D eigenvalue weighted by molar-refractivity contribution is 7.88. The second-order valence-electron chi connectivity index (χ2n) is 6.05. The first-order chi connectivity index (χ1) is 11.4. The van der Waals surface area contributed by atoms with Gasteiger partial charge < -0.3 is 5.11 Å². The Morgan fingerprint density at radius 3 is 2.75 bits per heavy atom. The highest BCUT2D eigenvalue weighted by atomic mass is 32.2. The summed E-state index contributed by atoms with van der Waals surface area (Å²) in [5.41, 5.74) is 3.06. The van der Waals surface area contributed by atoms with Crippen LogP contribution in [0.3, 0.4) is 0 Å². The van der Waals surface area contributed by atoms with Gasteiger partial charge >= 0.3 is 5.97 Å². The van der Waals surface area contributed by atoms with E-state index in [0.717, 1.165) is 12.8 Å². The lowest BCUT2D eigenvalue weighted by atomic mass is 10.0. The van der Waals surface area contributed by atoms with E-state index in [1.165, 1.54) is 23.3 Å². The van der Waals surface area contributed by atoms with Crippen LogP contribution >= 0.6 is 0 Å². The van der Waals surface area contributed by atoms with E-state index in [1.807, 2.05) is 12.1 Å². The molecular weight excluding hydrogens is 326 g/mol. The summed E-state index contributed by atoms with van der Waals surface area (Å²) < 4.78 is 27.2. The van der Waals surface area contributed by atoms with E-state index in [4.69, 9.17) is 5.11 Å². The summed E-state index contributed by atoms with van der Waals surface area (Å²) in [6, 6.07) is 14.1. The van der Waals surface area contributed by atoms with Gasteiger partial charge in [0.1, 0.15) is 0 Å². The third-order valence-corrected chi connectivity index (χ3v) is 5.66. The van der Waals surface area contributed by atoms with Crippen molar-refractivity contribution in [1.82, 2.24) is 4.72 Å². The standard InChI is InChI=1S/C18H19NO4S/c20-18(21)15-6-3-4-13(10-15)12-24(22,23)19-11-16-9-8-14-5-1-2-7-17(14)16/h1-7,10,16,19H,8-9,11-12H2,(H,20,21). The third-order valence-electron chi connectivity index (χ3n) is 4.34. The van der Waals surface area contributed by atoms with Gasteiger partial charge in [0.05, 0.1) is 11.3 Å². The van der Waals surface area contributed by atoms with Crippen LogP contribution in [0.5, 0.6) is 0 Å². The quantitative estimate of drug-likeness (QED) is 0.843. The number of hydrogen-bond acceptors (Lipinski definition) is 3. The van der Waals surface area contributed by atoms with Gasteiger partial charge in [-0.1, -0.05) is 36.4 Å². The van der Waals surface area contributed by atoms with E-state index in [2.05, 4.69) is 16.9 Å². The molecule has 1 unspecified atom stereocenters. The molecule has 126 valence electrons. The van der Waals surface area contributed by atoms with Gasteiger partial charge in [0.2, 0.25) is 10.0 Å². The monoisotopic (exact) mass is 345 g/mol. The number of aromatic carboxylic acids is 1. The molecule has 6 heteroatoms. The zero-order valence-corrected chi connectivity index (χ0v) is 13.9. The molecule has 0 saturated carbocycles. The summed E-state index contributed by atoms with van der Waals surface area (Å²) in [7, 11) is -3.51. The lowest BCUT2D eigenvalue weighted by molar-refractivity contribution is 0.0696. The summed E-state index contributed by atoms with van der Waals surface area (Å²) in [6.45, 7) is 0.373. The van der Waals surface area contributed by atoms with Crippen molar-refractivity contribution in [1.29, 1.82) is 0 Å². The smallest absolute Gasteiger partial charge is 0.335 e. The first-order valence-corrected chi connectivity index (χ1v) is 9.47. The summed E-state index contributed by atoms with van der Waals surface area (Å²) in [6.07, 6.45) is 1.92. The maximum Gasteiger partial charge on any atom is 0.335 e. The van der Waals surface area contributed by atoms with Crippen LogP contribution in [-0.2, 0) is 22.2 Å². The molecule has 0 amide bonds. The first-order valence-electron chi connectivity index (χ1n) is 7.82. The van der Waals surface area contributed by atoms with Crippen LogP contribution in [0, 0.1) is 0 Å².